The van der Waals surface area contributed by atoms with Crippen LogP contribution in [0.2, 0.25) is 0 Å². The fourth-order valence-corrected chi connectivity index (χ4v) is 1.04. The maximum Gasteiger partial charge on any atom is 0.215 e. The molecule has 0 N–H and O–H groups in total. The number of nitrogens with zero attached hydrogens (tertiary/aromatic N) is 2. The highest BCUT2D eigenvalue weighted by Crippen LogP contribution is 2.17. The van der Waals surface area contributed by atoms with E-state index in [9.17, 15) is 0 Å². The van der Waals surface area contributed by atoms with Crippen LogP contribution in [0.15, 0.2) is 16.7 Å². The van der Waals surface area contributed by atoms with Crippen LogP contribution in [0.5, 0.6) is 5.88 Å². The SMILES string of the molecule is COc1cc2nc(C)oc2cn1. The first-order valence-corrected chi connectivity index (χ1v) is 3.57. The molecule has 12 heavy (non-hydrogen) atoms. The first-order chi connectivity index (χ1) is 5.79. The third-order valence-corrected chi connectivity index (χ3v) is 1.57. The number of hydrogen-bond acceptors (Lipinski definition) is 4. The van der Waals surface area contributed by atoms with Gasteiger partial charge in [0, 0.05) is 13.0 Å². The standard InChI is InChI=1S/C8H8N2O2/c1-5-10-6-3-8(11-2)9-4-7(6)12-5/h3-4H,1-2H3. The van der Waals surface area contributed by atoms with E-state index in [2.05, 4.69) is 9.97 Å². The Morgan fingerprint density at radius 1 is 1.50 bits per heavy atom. The lowest BCUT2D eigenvalue weighted by Crippen LogP contribution is -1.85. The Hall–Kier alpha value is -1.58. The molecule has 2 aromatic rings. The molecular weight excluding hydrogens is 156 g/mol. The largest absolute Gasteiger partial charge is 0.481 e. The summed E-state index contributed by atoms with van der Waals surface area (Å²) in [5, 5.41) is 0. The van der Waals surface area contributed by atoms with Crippen LogP contribution in [0.25, 0.3) is 11.1 Å². The van der Waals surface area contributed by atoms with Crippen molar-refractivity contribution >= 4 is 11.1 Å². The quantitative estimate of drug-likeness (QED) is 0.641. The minimum atomic E-state index is 0.552. The molecule has 0 aliphatic heterocycles. The topological polar surface area (TPSA) is 48.2 Å². The predicted octanol–water partition coefficient (Wildman–Crippen LogP) is 1.54. The number of rotatable bonds is 1. The van der Waals surface area contributed by atoms with Crippen LogP contribution in [-0.4, -0.2) is 17.1 Å². The summed E-state index contributed by atoms with van der Waals surface area (Å²) in [7, 11) is 1.57. The Morgan fingerprint density at radius 3 is 3.08 bits per heavy atom. The summed E-state index contributed by atoms with van der Waals surface area (Å²) in [6.07, 6.45) is 1.61. The second kappa shape index (κ2) is 2.48. The van der Waals surface area contributed by atoms with Crippen LogP contribution < -0.4 is 4.74 Å². The number of oxazole rings is 1. The molecule has 2 aromatic heterocycles. The molecule has 2 rings (SSSR count). The summed E-state index contributed by atoms with van der Waals surface area (Å²) in [5.41, 5.74) is 1.47. The highest BCUT2D eigenvalue weighted by molar-refractivity contribution is 5.72. The maximum absolute atomic E-state index is 5.24. The highest BCUT2D eigenvalue weighted by Gasteiger charge is 2.03. The van der Waals surface area contributed by atoms with Crippen molar-refractivity contribution in [2.24, 2.45) is 0 Å². The Bertz CT molecular complexity index is 408. The van der Waals surface area contributed by atoms with Crippen LogP contribution in [-0.2, 0) is 0 Å². The van der Waals surface area contributed by atoms with Gasteiger partial charge in [-0.3, -0.25) is 0 Å². The number of pyridine rings is 1. The number of fused-ring (bicyclic) bond motifs is 1. The van der Waals surface area contributed by atoms with E-state index in [1.54, 1.807) is 26.3 Å². The molecule has 0 aliphatic carbocycles. The van der Waals surface area contributed by atoms with Gasteiger partial charge >= 0.3 is 0 Å². The summed E-state index contributed by atoms with van der Waals surface area (Å²) in [4.78, 5) is 8.12. The van der Waals surface area contributed by atoms with Crippen LogP contribution in [0.3, 0.4) is 0 Å². The van der Waals surface area contributed by atoms with Crippen molar-refractivity contribution in [1.82, 2.24) is 9.97 Å². The Morgan fingerprint density at radius 2 is 2.33 bits per heavy atom. The van der Waals surface area contributed by atoms with E-state index in [-0.39, 0.29) is 0 Å². The summed E-state index contributed by atoms with van der Waals surface area (Å²) in [6, 6.07) is 1.74. The van der Waals surface area contributed by atoms with Crippen molar-refractivity contribution in [3.05, 3.63) is 18.2 Å². The van der Waals surface area contributed by atoms with Crippen LogP contribution in [0.1, 0.15) is 5.89 Å². The fraction of sp³-hybridized carbons (Fsp3) is 0.250. The van der Waals surface area contributed by atoms with Gasteiger partial charge in [-0.15, -0.1) is 0 Å². The molecule has 0 radical (unpaired) electrons. The van der Waals surface area contributed by atoms with Gasteiger partial charge in [0.15, 0.2) is 11.5 Å². The molecule has 0 saturated heterocycles. The average Bonchev–Trinajstić information content (AvgIpc) is 2.43. The third-order valence-electron chi connectivity index (χ3n) is 1.57. The van der Waals surface area contributed by atoms with Gasteiger partial charge in [-0.1, -0.05) is 0 Å². The number of aromatic nitrogens is 2. The minimum absolute atomic E-state index is 0.552. The molecule has 0 aliphatic rings. The summed E-state index contributed by atoms with van der Waals surface area (Å²) in [5.74, 6) is 1.19. The Kier molecular flexibility index (Phi) is 1.46. The molecule has 0 atom stereocenters. The Balaban J connectivity index is 2.66. The molecule has 62 valence electrons. The number of ether oxygens (including phenoxy) is 1. The molecule has 0 unspecified atom stereocenters. The van der Waals surface area contributed by atoms with E-state index >= 15 is 0 Å². The first kappa shape index (κ1) is 7.09. The lowest BCUT2D eigenvalue weighted by Gasteiger charge is -1.94. The highest BCUT2D eigenvalue weighted by atomic mass is 16.5. The van der Waals surface area contributed by atoms with Gasteiger partial charge in [-0.05, 0) is 0 Å². The van der Waals surface area contributed by atoms with Gasteiger partial charge in [-0.2, -0.15) is 0 Å². The van der Waals surface area contributed by atoms with Gasteiger partial charge in [0.2, 0.25) is 5.88 Å². The van der Waals surface area contributed by atoms with E-state index in [1.807, 2.05) is 0 Å². The first-order valence-electron chi connectivity index (χ1n) is 3.57. The normalized spacial score (nSPS) is 10.5. The summed E-state index contributed by atoms with van der Waals surface area (Å²) in [6.45, 7) is 1.80. The van der Waals surface area contributed by atoms with Crippen LogP contribution in [0, 0.1) is 6.92 Å². The molecule has 4 nitrogen and oxygen atoms in total. The lowest BCUT2D eigenvalue weighted by atomic mass is 10.4. The maximum atomic E-state index is 5.24. The molecular formula is C8H8N2O2. The second-order valence-corrected chi connectivity index (χ2v) is 2.43. The number of methoxy groups -OCH3 is 1. The second-order valence-electron chi connectivity index (χ2n) is 2.43. The zero-order valence-corrected chi connectivity index (χ0v) is 6.87. The molecule has 0 spiro atoms. The van der Waals surface area contributed by atoms with Crippen molar-refractivity contribution in [1.29, 1.82) is 0 Å². The predicted molar refractivity (Wildman–Crippen MR) is 43.1 cm³/mol. The average molecular weight is 164 g/mol. The van der Waals surface area contributed by atoms with E-state index in [0.717, 1.165) is 5.52 Å². The fourth-order valence-electron chi connectivity index (χ4n) is 1.04. The molecule has 0 fully saturated rings. The van der Waals surface area contributed by atoms with Crippen molar-refractivity contribution in [2.45, 2.75) is 6.92 Å². The van der Waals surface area contributed by atoms with Crippen LogP contribution in [0.4, 0.5) is 0 Å². The van der Waals surface area contributed by atoms with Gasteiger partial charge in [0.25, 0.3) is 0 Å². The van der Waals surface area contributed by atoms with Gasteiger partial charge in [0.1, 0.15) is 5.52 Å². The van der Waals surface area contributed by atoms with Crippen molar-refractivity contribution in [3.8, 4) is 5.88 Å². The third kappa shape index (κ3) is 1.01. The summed E-state index contributed by atoms with van der Waals surface area (Å²) < 4.78 is 10.2. The number of aryl methyl sites for hydroxylation is 1. The van der Waals surface area contributed by atoms with Crippen LogP contribution >= 0.6 is 0 Å². The molecule has 0 saturated carbocycles. The summed E-state index contributed by atoms with van der Waals surface area (Å²) >= 11 is 0. The molecule has 0 aromatic carbocycles. The van der Waals surface area contributed by atoms with Crippen molar-refractivity contribution in [2.75, 3.05) is 7.11 Å². The van der Waals surface area contributed by atoms with Gasteiger partial charge in [0.05, 0.1) is 13.3 Å². The van der Waals surface area contributed by atoms with Crippen molar-refractivity contribution in [3.63, 3.8) is 0 Å². The molecule has 4 heteroatoms. The minimum Gasteiger partial charge on any atom is -0.481 e. The van der Waals surface area contributed by atoms with E-state index in [4.69, 9.17) is 9.15 Å². The molecule has 0 bridgehead atoms. The molecule has 2 heterocycles. The van der Waals surface area contributed by atoms with Gasteiger partial charge < -0.3 is 9.15 Å². The van der Waals surface area contributed by atoms with E-state index < -0.39 is 0 Å². The van der Waals surface area contributed by atoms with E-state index in [0.29, 0.717) is 17.4 Å². The van der Waals surface area contributed by atoms with E-state index in [1.165, 1.54) is 0 Å². The van der Waals surface area contributed by atoms with Crippen molar-refractivity contribution < 1.29 is 9.15 Å². The monoisotopic (exact) mass is 164 g/mol. The lowest BCUT2D eigenvalue weighted by molar-refractivity contribution is 0.398. The molecule has 0 amide bonds. The zero-order chi connectivity index (χ0) is 8.55. The van der Waals surface area contributed by atoms with Gasteiger partial charge in [-0.25, -0.2) is 9.97 Å². The smallest absolute Gasteiger partial charge is 0.215 e. The zero-order valence-electron chi connectivity index (χ0n) is 6.87. The Labute approximate surface area is 69.2 Å². The number of hydrogen-bond donors (Lipinski definition) is 0.